The molecule has 0 unspecified atom stereocenters. The van der Waals surface area contributed by atoms with Crippen LogP contribution in [-0.4, -0.2) is 22.2 Å². The van der Waals surface area contributed by atoms with E-state index >= 15 is 0 Å². The first-order valence-electron chi connectivity index (χ1n) is 5.04. The first kappa shape index (κ1) is 15.4. The summed E-state index contributed by atoms with van der Waals surface area (Å²) in [6.07, 6.45) is 3.62. The van der Waals surface area contributed by atoms with Crippen LogP contribution in [-0.2, 0) is 9.59 Å². The molecule has 4 N–H and O–H groups in total. The van der Waals surface area contributed by atoms with Crippen molar-refractivity contribution < 1.29 is 19.8 Å². The van der Waals surface area contributed by atoms with E-state index in [1.807, 2.05) is 30.3 Å². The maximum Gasteiger partial charge on any atom is 0.330 e. The minimum Gasteiger partial charge on any atom is -0.478 e. The zero-order valence-electron chi connectivity index (χ0n) is 9.91. The Morgan fingerprint density at radius 1 is 1.11 bits per heavy atom. The van der Waals surface area contributed by atoms with Crippen molar-refractivity contribution in [2.75, 3.05) is 0 Å². The number of hydrogen-bond acceptors (Lipinski definition) is 3. The van der Waals surface area contributed by atoms with E-state index in [1.165, 1.54) is 6.92 Å². The third-order valence-electron chi connectivity index (χ3n) is 1.57. The van der Waals surface area contributed by atoms with Gasteiger partial charge < -0.3 is 15.9 Å². The molecule has 0 atom stereocenters. The molecule has 0 amide bonds. The number of aliphatic carboxylic acids is 2. The van der Waals surface area contributed by atoms with Gasteiger partial charge in [-0.05, 0) is 18.6 Å². The van der Waals surface area contributed by atoms with Gasteiger partial charge in [0.05, 0.1) is 0 Å². The van der Waals surface area contributed by atoms with E-state index in [9.17, 15) is 9.59 Å². The second kappa shape index (κ2) is 8.58. The van der Waals surface area contributed by atoms with Gasteiger partial charge >= 0.3 is 11.9 Å². The highest BCUT2D eigenvalue weighted by Gasteiger charge is 1.86. The average Bonchev–Trinajstić information content (AvgIpc) is 2.26. The monoisotopic (exact) mass is 249 g/mol. The number of rotatable bonds is 3. The van der Waals surface area contributed by atoms with Crippen LogP contribution in [0.2, 0.25) is 0 Å². The van der Waals surface area contributed by atoms with Crippen molar-refractivity contribution in [2.45, 2.75) is 6.92 Å². The van der Waals surface area contributed by atoms with Crippen molar-refractivity contribution in [1.82, 2.24) is 0 Å². The zero-order chi connectivity index (χ0) is 14.0. The van der Waals surface area contributed by atoms with Gasteiger partial charge in [0.25, 0.3) is 0 Å². The van der Waals surface area contributed by atoms with Crippen molar-refractivity contribution >= 4 is 18.0 Å². The Morgan fingerprint density at radius 3 is 2.00 bits per heavy atom. The van der Waals surface area contributed by atoms with Gasteiger partial charge in [-0.15, -0.1) is 0 Å². The summed E-state index contributed by atoms with van der Waals surface area (Å²) < 4.78 is 0. The van der Waals surface area contributed by atoms with Crippen LogP contribution in [0.4, 0.5) is 0 Å². The van der Waals surface area contributed by atoms with E-state index in [0.29, 0.717) is 5.70 Å². The summed E-state index contributed by atoms with van der Waals surface area (Å²) in [6, 6.07) is 9.31. The van der Waals surface area contributed by atoms with Gasteiger partial charge in [0.15, 0.2) is 0 Å². The Kier molecular flexibility index (Phi) is 7.36. The maximum atomic E-state index is 10.1. The standard InChI is InChI=1S/C9H8O2.C4H7NO2/c10-9(11)7-6-8-4-2-1-3-5-8;1-3(5)2-4(6)7/h1-7H,(H,10,11);2H,5H2,1H3,(H,6,7)/b;3-2-. The fourth-order valence-electron chi connectivity index (χ4n) is 0.926. The lowest BCUT2D eigenvalue weighted by Crippen LogP contribution is -1.96. The molecule has 1 aromatic carbocycles. The Labute approximate surface area is 105 Å². The van der Waals surface area contributed by atoms with Crippen LogP contribution in [0.1, 0.15) is 12.5 Å². The Bertz CT molecular complexity index is 445. The smallest absolute Gasteiger partial charge is 0.330 e. The first-order chi connectivity index (χ1) is 8.41. The van der Waals surface area contributed by atoms with Crippen LogP contribution in [0.25, 0.3) is 6.08 Å². The van der Waals surface area contributed by atoms with Crippen LogP contribution in [0.15, 0.2) is 48.2 Å². The third-order valence-corrected chi connectivity index (χ3v) is 1.57. The second-order valence-electron chi connectivity index (χ2n) is 3.31. The summed E-state index contributed by atoms with van der Waals surface area (Å²) in [5.74, 6) is -1.92. The molecule has 0 spiro atoms. The van der Waals surface area contributed by atoms with Crippen LogP contribution in [0, 0.1) is 0 Å². The predicted molar refractivity (Wildman–Crippen MR) is 68.7 cm³/mol. The fourth-order valence-corrected chi connectivity index (χ4v) is 0.926. The Balaban J connectivity index is 0.000000360. The van der Waals surface area contributed by atoms with E-state index < -0.39 is 11.9 Å². The Morgan fingerprint density at radius 2 is 1.67 bits per heavy atom. The molecule has 1 aromatic rings. The molecule has 0 aliphatic rings. The molecule has 0 fully saturated rings. The minimum absolute atomic E-state index is 0.313. The number of carboxylic acids is 2. The minimum atomic E-state index is -1.000. The zero-order valence-corrected chi connectivity index (χ0v) is 9.91. The van der Waals surface area contributed by atoms with Crippen LogP contribution in [0.3, 0.4) is 0 Å². The molecule has 0 saturated carbocycles. The number of nitrogens with two attached hydrogens (primary N) is 1. The first-order valence-corrected chi connectivity index (χ1v) is 5.04. The topological polar surface area (TPSA) is 101 Å². The summed E-state index contributed by atoms with van der Waals surface area (Å²) in [7, 11) is 0. The van der Waals surface area contributed by atoms with Gasteiger partial charge in [0.2, 0.25) is 0 Å². The molecular weight excluding hydrogens is 234 g/mol. The Hall–Kier alpha value is -2.56. The van der Waals surface area contributed by atoms with Gasteiger partial charge in [-0.3, -0.25) is 0 Å². The van der Waals surface area contributed by atoms with Gasteiger partial charge in [0.1, 0.15) is 0 Å². The lowest BCUT2D eigenvalue weighted by molar-refractivity contribution is -0.132. The molecular formula is C13H15NO4. The molecule has 0 aromatic heterocycles. The van der Waals surface area contributed by atoms with Gasteiger partial charge in [-0.1, -0.05) is 30.3 Å². The van der Waals surface area contributed by atoms with Crippen molar-refractivity contribution in [3.8, 4) is 0 Å². The normalized spacial score (nSPS) is 10.6. The molecule has 5 nitrogen and oxygen atoms in total. The molecule has 18 heavy (non-hydrogen) atoms. The number of carboxylic acid groups (broad SMARTS) is 2. The number of allylic oxidation sites excluding steroid dienone is 1. The third kappa shape index (κ3) is 9.97. The molecule has 0 bridgehead atoms. The summed E-state index contributed by atoms with van der Waals surface area (Å²) in [5, 5.41) is 16.2. The highest BCUT2D eigenvalue weighted by atomic mass is 16.4. The van der Waals surface area contributed by atoms with Gasteiger partial charge in [0, 0.05) is 17.8 Å². The van der Waals surface area contributed by atoms with Crippen molar-refractivity contribution in [1.29, 1.82) is 0 Å². The van der Waals surface area contributed by atoms with E-state index in [2.05, 4.69) is 0 Å². The van der Waals surface area contributed by atoms with E-state index in [4.69, 9.17) is 15.9 Å². The molecule has 96 valence electrons. The molecule has 0 radical (unpaired) electrons. The van der Waals surface area contributed by atoms with E-state index in [0.717, 1.165) is 17.7 Å². The molecule has 0 aliphatic heterocycles. The fraction of sp³-hybridized carbons (Fsp3) is 0.0769. The second-order valence-corrected chi connectivity index (χ2v) is 3.31. The van der Waals surface area contributed by atoms with Crippen molar-refractivity contribution in [3.05, 3.63) is 53.7 Å². The molecule has 1 rings (SSSR count). The lowest BCUT2D eigenvalue weighted by Gasteiger charge is -1.87. The van der Waals surface area contributed by atoms with Crippen LogP contribution < -0.4 is 5.73 Å². The summed E-state index contributed by atoms with van der Waals surface area (Å²) in [4.78, 5) is 19.7. The molecule has 0 heterocycles. The van der Waals surface area contributed by atoms with E-state index in [-0.39, 0.29) is 0 Å². The lowest BCUT2D eigenvalue weighted by atomic mass is 10.2. The summed E-state index contributed by atoms with van der Waals surface area (Å²) in [5.41, 5.74) is 6.18. The molecule has 0 aliphatic carbocycles. The summed E-state index contributed by atoms with van der Waals surface area (Å²) >= 11 is 0. The van der Waals surface area contributed by atoms with Crippen molar-refractivity contribution in [2.24, 2.45) is 5.73 Å². The number of hydrogen-bond donors (Lipinski definition) is 3. The maximum absolute atomic E-state index is 10.1. The highest BCUT2D eigenvalue weighted by molar-refractivity contribution is 5.85. The number of carbonyl (C=O) groups is 2. The van der Waals surface area contributed by atoms with Crippen LogP contribution >= 0.6 is 0 Å². The largest absolute Gasteiger partial charge is 0.478 e. The molecule has 5 heteroatoms. The van der Waals surface area contributed by atoms with Gasteiger partial charge in [-0.25, -0.2) is 9.59 Å². The highest BCUT2D eigenvalue weighted by Crippen LogP contribution is 1.99. The predicted octanol–water partition coefficient (Wildman–Crippen LogP) is 1.72. The average molecular weight is 249 g/mol. The number of benzene rings is 1. The quantitative estimate of drug-likeness (QED) is 0.708. The van der Waals surface area contributed by atoms with Crippen molar-refractivity contribution in [3.63, 3.8) is 0 Å². The van der Waals surface area contributed by atoms with Crippen LogP contribution in [0.5, 0.6) is 0 Å². The van der Waals surface area contributed by atoms with Gasteiger partial charge in [-0.2, -0.15) is 0 Å². The van der Waals surface area contributed by atoms with E-state index in [1.54, 1.807) is 6.08 Å². The molecule has 0 saturated heterocycles. The SMILES string of the molecule is C/C(N)=C/C(=O)O.O=C(O)C=Cc1ccccc1. The summed E-state index contributed by atoms with van der Waals surface area (Å²) in [6.45, 7) is 1.52.